The van der Waals surface area contributed by atoms with Gasteiger partial charge in [-0.05, 0) is 22.6 Å². The maximum atomic E-state index is 14.8. The molecule has 0 unspecified atom stereocenters. The number of fused-ring (bicyclic) bond motifs is 1. The first kappa shape index (κ1) is 14.3. The van der Waals surface area contributed by atoms with E-state index in [0.29, 0.717) is 28.7 Å². The number of benzene rings is 2. The van der Waals surface area contributed by atoms with Gasteiger partial charge in [0.2, 0.25) is 0 Å². The van der Waals surface area contributed by atoms with Crippen LogP contribution in [0.3, 0.4) is 0 Å². The van der Waals surface area contributed by atoms with Crippen molar-refractivity contribution in [3.8, 4) is 11.1 Å². The maximum absolute atomic E-state index is 14.8. The van der Waals surface area contributed by atoms with Gasteiger partial charge in [-0.2, -0.15) is 0 Å². The third kappa shape index (κ3) is 2.35. The highest BCUT2D eigenvalue weighted by molar-refractivity contribution is 5.87. The molecule has 0 N–H and O–H groups in total. The van der Waals surface area contributed by atoms with Crippen LogP contribution in [0.25, 0.3) is 28.0 Å². The van der Waals surface area contributed by atoms with Gasteiger partial charge in [-0.15, -0.1) is 0 Å². The summed E-state index contributed by atoms with van der Waals surface area (Å²) in [5.74, 6) is 0.0141. The monoisotopic (exact) mass is 294 g/mol. The minimum atomic E-state index is -0.628. The van der Waals surface area contributed by atoms with Crippen LogP contribution in [0.1, 0.15) is 18.2 Å². The zero-order valence-electron chi connectivity index (χ0n) is 12.2. The molecule has 0 bridgehead atoms. The molecule has 0 saturated carbocycles. The first-order valence-corrected chi connectivity index (χ1v) is 7.12. The van der Waals surface area contributed by atoms with Crippen LogP contribution in [-0.4, -0.2) is 0 Å². The van der Waals surface area contributed by atoms with Crippen LogP contribution in [0, 0.1) is 5.82 Å². The third-order valence-electron chi connectivity index (χ3n) is 3.72. The van der Waals surface area contributed by atoms with E-state index >= 15 is 0 Å². The van der Waals surface area contributed by atoms with Gasteiger partial charge < -0.3 is 4.42 Å². The lowest BCUT2D eigenvalue weighted by molar-refractivity contribution is 0.469. The molecular formula is C19H15FO2. The van der Waals surface area contributed by atoms with Crippen LogP contribution in [0.15, 0.2) is 58.3 Å². The van der Waals surface area contributed by atoms with Crippen molar-refractivity contribution < 1.29 is 8.81 Å². The van der Waals surface area contributed by atoms with Gasteiger partial charge in [0.15, 0.2) is 0 Å². The smallest absolute Gasteiger partial charge is 0.346 e. The normalized spacial score (nSPS) is 10.8. The predicted molar refractivity (Wildman–Crippen MR) is 87.3 cm³/mol. The van der Waals surface area contributed by atoms with Gasteiger partial charge in [-0.25, -0.2) is 9.18 Å². The summed E-state index contributed by atoms with van der Waals surface area (Å²) < 4.78 is 19.9. The first-order valence-electron chi connectivity index (χ1n) is 7.12. The molecule has 0 spiro atoms. The van der Waals surface area contributed by atoms with E-state index < -0.39 is 11.4 Å². The lowest BCUT2D eigenvalue weighted by atomic mass is 10.00. The van der Waals surface area contributed by atoms with Crippen molar-refractivity contribution in [1.82, 2.24) is 0 Å². The number of hydrogen-bond donors (Lipinski definition) is 0. The molecule has 0 atom stereocenters. The fourth-order valence-electron chi connectivity index (χ4n) is 2.49. The Morgan fingerprint density at radius 1 is 1.18 bits per heavy atom. The van der Waals surface area contributed by atoms with E-state index in [2.05, 4.69) is 6.58 Å². The average Bonchev–Trinajstić information content (AvgIpc) is 2.55. The Morgan fingerprint density at radius 3 is 2.55 bits per heavy atom. The summed E-state index contributed by atoms with van der Waals surface area (Å²) in [6, 6.07) is 12.5. The summed E-state index contributed by atoms with van der Waals surface area (Å²) in [6.45, 7) is 5.58. The molecule has 0 aliphatic carbocycles. The summed E-state index contributed by atoms with van der Waals surface area (Å²) in [7, 11) is 0. The van der Waals surface area contributed by atoms with Gasteiger partial charge in [-0.1, -0.05) is 56.0 Å². The summed E-state index contributed by atoms with van der Waals surface area (Å²) in [4.78, 5) is 12.0. The molecule has 22 heavy (non-hydrogen) atoms. The van der Waals surface area contributed by atoms with Crippen LogP contribution in [0.5, 0.6) is 0 Å². The molecule has 3 heteroatoms. The van der Waals surface area contributed by atoms with Crippen LogP contribution >= 0.6 is 0 Å². The lowest BCUT2D eigenvalue weighted by Gasteiger charge is -2.07. The van der Waals surface area contributed by atoms with Crippen molar-refractivity contribution >= 4 is 16.8 Å². The van der Waals surface area contributed by atoms with Gasteiger partial charge in [0.25, 0.3) is 0 Å². The Kier molecular flexibility index (Phi) is 3.63. The second kappa shape index (κ2) is 5.60. The molecule has 0 amide bonds. The van der Waals surface area contributed by atoms with Crippen LogP contribution in [0.2, 0.25) is 0 Å². The largest absolute Gasteiger partial charge is 0.427 e. The quantitative estimate of drug-likeness (QED) is 0.694. The molecule has 2 aromatic carbocycles. The van der Waals surface area contributed by atoms with Gasteiger partial charge in [0.1, 0.15) is 17.0 Å². The van der Waals surface area contributed by atoms with Gasteiger partial charge in [0.05, 0.1) is 0 Å². The number of halogens is 1. The Morgan fingerprint density at radius 2 is 1.91 bits per heavy atom. The third-order valence-corrected chi connectivity index (χ3v) is 3.72. The lowest BCUT2D eigenvalue weighted by Crippen LogP contribution is -2.05. The van der Waals surface area contributed by atoms with Crippen molar-refractivity contribution in [2.75, 3.05) is 0 Å². The molecule has 1 aromatic heterocycles. The van der Waals surface area contributed by atoms with E-state index in [-0.39, 0.29) is 5.39 Å². The minimum absolute atomic E-state index is 0.00231. The molecule has 0 radical (unpaired) electrons. The summed E-state index contributed by atoms with van der Waals surface area (Å²) in [5, 5.41) is 0.569. The first-order chi connectivity index (χ1) is 10.6. The van der Waals surface area contributed by atoms with Gasteiger partial charge >= 0.3 is 5.63 Å². The highest BCUT2D eigenvalue weighted by atomic mass is 19.1. The van der Waals surface area contributed by atoms with Crippen LogP contribution < -0.4 is 5.63 Å². The SMILES string of the molecule is C=Cc1ccc(-c2ccc3cc(CC)oc(=O)c3c2F)cc1. The van der Waals surface area contributed by atoms with E-state index in [9.17, 15) is 9.18 Å². The van der Waals surface area contributed by atoms with E-state index in [1.54, 1.807) is 24.3 Å². The molecule has 0 aliphatic heterocycles. The van der Waals surface area contributed by atoms with E-state index in [1.165, 1.54) is 0 Å². The van der Waals surface area contributed by atoms with E-state index in [1.807, 2.05) is 31.2 Å². The fraction of sp³-hybridized carbons (Fsp3) is 0.105. The molecule has 110 valence electrons. The van der Waals surface area contributed by atoms with Crippen molar-refractivity contribution in [2.24, 2.45) is 0 Å². The van der Waals surface area contributed by atoms with E-state index in [0.717, 1.165) is 5.56 Å². The Balaban J connectivity index is 2.23. The molecule has 1 heterocycles. The molecule has 3 aromatic rings. The fourth-order valence-corrected chi connectivity index (χ4v) is 2.49. The molecule has 2 nitrogen and oxygen atoms in total. The van der Waals surface area contributed by atoms with Crippen molar-refractivity contribution in [2.45, 2.75) is 13.3 Å². The highest BCUT2D eigenvalue weighted by Gasteiger charge is 2.14. The zero-order valence-corrected chi connectivity index (χ0v) is 12.2. The molecular weight excluding hydrogens is 279 g/mol. The molecule has 0 saturated heterocycles. The summed E-state index contributed by atoms with van der Waals surface area (Å²) in [6.07, 6.45) is 2.32. The van der Waals surface area contributed by atoms with Crippen molar-refractivity contribution in [1.29, 1.82) is 0 Å². The van der Waals surface area contributed by atoms with Crippen molar-refractivity contribution in [3.63, 3.8) is 0 Å². The standard InChI is InChI=1S/C19H15FO2/c1-3-12-5-7-13(8-6-12)16-10-9-14-11-15(4-2)22-19(21)17(14)18(16)20/h3,5-11H,1,4H2,2H3. The highest BCUT2D eigenvalue weighted by Crippen LogP contribution is 2.28. The van der Waals surface area contributed by atoms with Gasteiger partial charge in [-0.3, -0.25) is 0 Å². The number of hydrogen-bond acceptors (Lipinski definition) is 2. The molecule has 0 aliphatic rings. The summed E-state index contributed by atoms with van der Waals surface area (Å²) >= 11 is 0. The number of aryl methyl sites for hydroxylation is 1. The second-order valence-electron chi connectivity index (χ2n) is 5.07. The van der Waals surface area contributed by atoms with Crippen LogP contribution in [-0.2, 0) is 6.42 Å². The number of rotatable bonds is 3. The Labute approximate surface area is 127 Å². The predicted octanol–water partition coefficient (Wildman–Crippen LogP) is 4.80. The molecule has 3 rings (SSSR count). The van der Waals surface area contributed by atoms with Crippen LogP contribution in [0.4, 0.5) is 4.39 Å². The molecule has 0 fully saturated rings. The summed E-state index contributed by atoms with van der Waals surface area (Å²) in [5.41, 5.74) is 1.43. The maximum Gasteiger partial charge on any atom is 0.346 e. The van der Waals surface area contributed by atoms with Gasteiger partial charge in [0, 0.05) is 12.0 Å². The Bertz CT molecular complexity index is 905. The minimum Gasteiger partial charge on any atom is -0.427 e. The topological polar surface area (TPSA) is 30.2 Å². The average molecular weight is 294 g/mol. The van der Waals surface area contributed by atoms with Crippen molar-refractivity contribution in [3.05, 3.63) is 76.6 Å². The Hall–Kier alpha value is -2.68. The second-order valence-corrected chi connectivity index (χ2v) is 5.07. The van der Waals surface area contributed by atoms with E-state index in [4.69, 9.17) is 4.42 Å². The zero-order chi connectivity index (χ0) is 15.7.